The van der Waals surface area contributed by atoms with Crippen LogP contribution in [0.15, 0.2) is 89.4 Å². The van der Waals surface area contributed by atoms with Crippen LogP contribution in [0.4, 0.5) is 11.4 Å². The van der Waals surface area contributed by atoms with Crippen LogP contribution in [0.1, 0.15) is 18.1 Å². The van der Waals surface area contributed by atoms with Crippen LogP contribution in [0.2, 0.25) is 0 Å². The number of benzene rings is 2. The average Bonchev–Trinajstić information content (AvgIpc) is 3.54. The highest BCUT2D eigenvalue weighted by molar-refractivity contribution is 7.92. The first kappa shape index (κ1) is 25.0. The Morgan fingerprint density at radius 3 is 2.50 bits per heavy atom. The van der Waals surface area contributed by atoms with Gasteiger partial charge in [-0.2, -0.15) is 8.42 Å². The van der Waals surface area contributed by atoms with E-state index < -0.39 is 10.0 Å². The second-order valence-electron chi connectivity index (χ2n) is 7.91. The molecule has 0 atom stereocenters. The van der Waals surface area contributed by atoms with Gasteiger partial charge in [0.2, 0.25) is 11.8 Å². The second-order valence-corrected chi connectivity index (χ2v) is 11.1. The van der Waals surface area contributed by atoms with Crippen molar-refractivity contribution in [1.29, 1.82) is 0 Å². The van der Waals surface area contributed by atoms with Gasteiger partial charge in [0, 0.05) is 36.8 Å². The number of nitrogens with one attached hydrogen (secondary N) is 2. The highest BCUT2D eigenvalue weighted by atomic mass is 32.2. The molecule has 10 heteroatoms. The van der Waals surface area contributed by atoms with Crippen LogP contribution < -0.4 is 16.4 Å². The smallest absolute Gasteiger partial charge is 0.277 e. The monoisotopic (exact) mass is 520 g/mol. The molecule has 0 saturated heterocycles. The van der Waals surface area contributed by atoms with E-state index in [4.69, 9.17) is 5.73 Å². The summed E-state index contributed by atoms with van der Waals surface area (Å²) in [7, 11) is -3.79. The minimum absolute atomic E-state index is 0.100. The van der Waals surface area contributed by atoms with Crippen molar-refractivity contribution in [3.63, 3.8) is 0 Å². The van der Waals surface area contributed by atoms with Crippen LogP contribution in [0.25, 0.3) is 16.5 Å². The molecule has 0 bridgehead atoms. The van der Waals surface area contributed by atoms with Gasteiger partial charge in [-0.15, -0.1) is 11.3 Å². The second kappa shape index (κ2) is 10.6. The lowest BCUT2D eigenvalue weighted by Gasteiger charge is -2.04. The molecule has 8 nitrogen and oxygen atoms in total. The normalized spacial score (nSPS) is 11.5. The number of aromatic nitrogens is 1. The molecule has 4 N–H and O–H groups in total. The van der Waals surface area contributed by atoms with Gasteiger partial charge in [0.05, 0.1) is 11.4 Å². The first-order valence-electron chi connectivity index (χ1n) is 10.9. The van der Waals surface area contributed by atoms with Crippen molar-refractivity contribution in [2.24, 2.45) is 0 Å². The van der Waals surface area contributed by atoms with Crippen LogP contribution in [-0.4, -0.2) is 24.2 Å². The first-order valence-corrected chi connectivity index (χ1v) is 13.2. The number of thiophene rings is 1. The average molecular weight is 521 g/mol. The summed E-state index contributed by atoms with van der Waals surface area (Å²) in [5.41, 5.74) is 9.17. The van der Waals surface area contributed by atoms with E-state index in [-0.39, 0.29) is 16.0 Å². The maximum absolute atomic E-state index is 13.1. The zero-order valence-corrected chi connectivity index (χ0v) is 21.0. The van der Waals surface area contributed by atoms with Crippen molar-refractivity contribution in [3.05, 3.63) is 96.3 Å². The number of hydrogen-bond acceptors (Lipinski definition) is 6. The summed E-state index contributed by atoms with van der Waals surface area (Å²) >= 11 is 1.17. The van der Waals surface area contributed by atoms with Crippen LogP contribution >= 0.6 is 11.3 Å². The molecular weight excluding hydrogens is 496 g/mol. The molecule has 184 valence electrons. The van der Waals surface area contributed by atoms with Crippen molar-refractivity contribution < 1.29 is 18.0 Å². The Morgan fingerprint density at radius 1 is 1.03 bits per heavy atom. The third-order valence-electron chi connectivity index (χ3n) is 5.23. The maximum Gasteiger partial charge on any atom is 0.277 e. The third kappa shape index (κ3) is 5.91. The Balaban J connectivity index is 1.44. The number of rotatable bonds is 8. The fraction of sp³-hybridized carbons (Fsp3) is 0.0769. The van der Waals surface area contributed by atoms with E-state index >= 15 is 0 Å². The Bertz CT molecular complexity index is 1530. The number of nitrogens with zero attached hydrogens (tertiary/aromatic N) is 1. The topological polar surface area (TPSA) is 123 Å². The lowest BCUT2D eigenvalue weighted by Crippen LogP contribution is -2.18. The van der Waals surface area contributed by atoms with E-state index in [1.54, 1.807) is 42.5 Å². The van der Waals surface area contributed by atoms with Crippen molar-refractivity contribution in [2.75, 3.05) is 11.1 Å². The Kier molecular flexibility index (Phi) is 7.37. The third-order valence-corrected chi connectivity index (χ3v) is 8.47. The van der Waals surface area contributed by atoms with E-state index in [0.717, 1.165) is 20.0 Å². The van der Waals surface area contributed by atoms with Crippen molar-refractivity contribution in [3.8, 4) is 10.4 Å². The minimum atomic E-state index is -3.79. The van der Waals surface area contributed by atoms with Crippen LogP contribution in [-0.2, 0) is 26.2 Å². The van der Waals surface area contributed by atoms with Gasteiger partial charge in [-0.1, -0.05) is 36.4 Å². The van der Waals surface area contributed by atoms with Gasteiger partial charge in [-0.25, -0.2) is 3.97 Å². The zero-order chi connectivity index (χ0) is 25.7. The summed E-state index contributed by atoms with van der Waals surface area (Å²) in [6, 6.07) is 19.4. The van der Waals surface area contributed by atoms with E-state index in [1.165, 1.54) is 42.8 Å². The van der Waals surface area contributed by atoms with E-state index in [1.807, 2.05) is 24.3 Å². The van der Waals surface area contributed by atoms with E-state index in [0.29, 0.717) is 23.5 Å². The quantitative estimate of drug-likeness (QED) is 0.236. The molecule has 0 aliphatic heterocycles. The molecule has 2 aromatic carbocycles. The van der Waals surface area contributed by atoms with Crippen LogP contribution in [0.3, 0.4) is 0 Å². The predicted octanol–water partition coefficient (Wildman–Crippen LogP) is 4.32. The van der Waals surface area contributed by atoms with Gasteiger partial charge in [0.15, 0.2) is 0 Å². The van der Waals surface area contributed by atoms with E-state index in [2.05, 4.69) is 10.6 Å². The fourth-order valence-electron chi connectivity index (χ4n) is 3.33. The molecule has 2 heterocycles. The van der Waals surface area contributed by atoms with Crippen molar-refractivity contribution >= 4 is 50.6 Å². The number of nitrogen functional groups attached to an aromatic ring is 1. The lowest BCUT2D eigenvalue weighted by atomic mass is 10.1. The van der Waals surface area contributed by atoms with Gasteiger partial charge in [-0.05, 0) is 53.1 Å². The van der Waals surface area contributed by atoms with Crippen LogP contribution in [0.5, 0.6) is 0 Å². The number of amides is 2. The minimum Gasteiger partial charge on any atom is -0.397 e. The maximum atomic E-state index is 13.1. The van der Waals surface area contributed by atoms with Gasteiger partial charge in [-0.3, -0.25) is 9.59 Å². The first-order chi connectivity index (χ1) is 17.2. The molecule has 4 rings (SSSR count). The summed E-state index contributed by atoms with van der Waals surface area (Å²) in [6.07, 6.45) is 5.74. The molecule has 0 spiro atoms. The Morgan fingerprint density at radius 2 is 1.78 bits per heavy atom. The molecule has 2 aromatic heterocycles. The number of carbonyl (C=O) groups is 2. The Hall–Kier alpha value is -4.15. The molecule has 0 aliphatic rings. The number of nitrogens with two attached hydrogens (primary N) is 1. The van der Waals surface area contributed by atoms with Crippen molar-refractivity contribution in [2.45, 2.75) is 17.7 Å². The SMILES string of the molecule is CC(=O)NCc1ccc(-c2ccc(S(=O)(=O)n3ccc(C=CC(=O)Nc4ccccc4N)c3)s2)cc1. The number of hydrogen-bond donors (Lipinski definition) is 3. The van der Waals surface area contributed by atoms with Crippen molar-refractivity contribution in [1.82, 2.24) is 9.29 Å². The number of carbonyl (C=O) groups excluding carboxylic acids is 2. The summed E-state index contributed by atoms with van der Waals surface area (Å²) in [5.74, 6) is -0.481. The number of anilines is 2. The predicted molar refractivity (Wildman–Crippen MR) is 143 cm³/mol. The van der Waals surface area contributed by atoms with Crippen LogP contribution in [0, 0.1) is 0 Å². The molecular formula is C26H24N4O4S2. The Labute approximate surface area is 213 Å². The molecule has 0 unspecified atom stereocenters. The zero-order valence-electron chi connectivity index (χ0n) is 19.3. The fourth-order valence-corrected chi connectivity index (χ4v) is 5.95. The largest absolute Gasteiger partial charge is 0.397 e. The number of para-hydroxylation sites is 2. The van der Waals surface area contributed by atoms with Gasteiger partial charge < -0.3 is 16.4 Å². The van der Waals surface area contributed by atoms with Gasteiger partial charge in [0.25, 0.3) is 10.0 Å². The molecule has 0 fully saturated rings. The highest BCUT2D eigenvalue weighted by Crippen LogP contribution is 2.32. The molecule has 0 aliphatic carbocycles. The summed E-state index contributed by atoms with van der Waals surface area (Å²) in [6.45, 7) is 1.90. The van der Waals surface area contributed by atoms with E-state index in [9.17, 15) is 18.0 Å². The summed E-state index contributed by atoms with van der Waals surface area (Å²) in [4.78, 5) is 24.1. The standard InChI is InChI=1S/C26H24N4O4S2/c1-18(31)28-16-19-6-9-21(10-7-19)24-11-13-26(35-24)36(33,34)30-15-14-20(17-30)8-12-25(32)29-23-5-3-2-4-22(23)27/h2-15,17H,16,27H2,1H3,(H,28,31)(H,29,32). The highest BCUT2D eigenvalue weighted by Gasteiger charge is 2.19. The van der Waals surface area contributed by atoms with Gasteiger partial charge >= 0.3 is 0 Å². The molecule has 0 saturated carbocycles. The molecule has 2 amide bonds. The lowest BCUT2D eigenvalue weighted by molar-refractivity contribution is -0.119. The molecule has 4 aromatic rings. The van der Waals surface area contributed by atoms with Gasteiger partial charge in [0.1, 0.15) is 4.21 Å². The summed E-state index contributed by atoms with van der Waals surface area (Å²) in [5, 5.41) is 5.43. The molecule has 0 radical (unpaired) electrons. The molecule has 36 heavy (non-hydrogen) atoms. The summed E-state index contributed by atoms with van der Waals surface area (Å²) < 4.78 is 27.6.